The minimum atomic E-state index is 0.117. The van der Waals surface area contributed by atoms with Gasteiger partial charge in [-0.1, -0.05) is 12.1 Å². The largest absolute Gasteiger partial charge is 0.497 e. The minimum absolute atomic E-state index is 0.117. The summed E-state index contributed by atoms with van der Waals surface area (Å²) >= 11 is 0. The summed E-state index contributed by atoms with van der Waals surface area (Å²) in [6.07, 6.45) is 0. The number of hydrogen-bond donors (Lipinski definition) is 1. The minimum Gasteiger partial charge on any atom is -0.497 e. The van der Waals surface area contributed by atoms with Gasteiger partial charge in [-0.25, -0.2) is 0 Å². The Morgan fingerprint density at radius 2 is 2.18 bits per heavy atom. The molecule has 0 aliphatic carbocycles. The molecule has 1 atom stereocenters. The number of methoxy groups -OCH3 is 1. The molecule has 4 nitrogen and oxygen atoms in total. The maximum absolute atomic E-state index is 9.28. The number of nitrogens with zero attached hydrogens (tertiary/aromatic N) is 1. The molecule has 1 aromatic carbocycles. The van der Waals surface area contributed by atoms with Crippen molar-refractivity contribution in [3.05, 3.63) is 29.8 Å². The predicted octanol–water partition coefficient (Wildman–Crippen LogP) is 0.888. The second kappa shape index (κ2) is 6.00. The highest BCUT2D eigenvalue weighted by Crippen LogP contribution is 2.15. The Morgan fingerprint density at radius 3 is 2.82 bits per heavy atom. The molecule has 1 aliphatic rings. The van der Waals surface area contributed by atoms with E-state index in [1.165, 1.54) is 5.56 Å². The topological polar surface area (TPSA) is 41.9 Å². The molecule has 1 unspecified atom stereocenters. The highest BCUT2D eigenvalue weighted by Gasteiger charge is 2.21. The quantitative estimate of drug-likeness (QED) is 0.844. The smallest absolute Gasteiger partial charge is 0.118 e. The SMILES string of the molecule is COc1ccc(CN2CCOCC2CO)cc1. The van der Waals surface area contributed by atoms with E-state index in [4.69, 9.17) is 9.47 Å². The van der Waals surface area contributed by atoms with Crippen LogP contribution in [-0.4, -0.2) is 49.5 Å². The first kappa shape index (κ1) is 12.4. The average molecular weight is 237 g/mol. The fourth-order valence-corrected chi connectivity index (χ4v) is 2.03. The lowest BCUT2D eigenvalue weighted by Crippen LogP contribution is -2.46. The number of benzene rings is 1. The maximum Gasteiger partial charge on any atom is 0.118 e. The third-order valence-electron chi connectivity index (χ3n) is 3.10. The van der Waals surface area contributed by atoms with Crippen LogP contribution in [-0.2, 0) is 11.3 Å². The molecule has 17 heavy (non-hydrogen) atoms. The molecule has 0 spiro atoms. The number of hydrogen-bond acceptors (Lipinski definition) is 4. The summed E-state index contributed by atoms with van der Waals surface area (Å²) in [5, 5.41) is 9.28. The summed E-state index contributed by atoms with van der Waals surface area (Å²) < 4.78 is 10.5. The first-order valence-corrected chi connectivity index (χ1v) is 5.89. The Balaban J connectivity index is 1.98. The van der Waals surface area contributed by atoms with Gasteiger partial charge in [0.25, 0.3) is 0 Å². The fraction of sp³-hybridized carbons (Fsp3) is 0.538. The lowest BCUT2D eigenvalue weighted by molar-refractivity contribution is -0.0312. The number of ether oxygens (including phenoxy) is 2. The van der Waals surface area contributed by atoms with E-state index >= 15 is 0 Å². The van der Waals surface area contributed by atoms with Crippen LogP contribution in [0.1, 0.15) is 5.56 Å². The van der Waals surface area contributed by atoms with Gasteiger partial charge < -0.3 is 14.6 Å². The van der Waals surface area contributed by atoms with Gasteiger partial charge in [0.15, 0.2) is 0 Å². The molecule has 0 amide bonds. The normalized spacial score (nSPS) is 21.4. The lowest BCUT2D eigenvalue weighted by Gasteiger charge is -2.34. The zero-order valence-corrected chi connectivity index (χ0v) is 10.1. The summed E-state index contributed by atoms with van der Waals surface area (Å²) in [6.45, 7) is 3.23. The van der Waals surface area contributed by atoms with Gasteiger partial charge in [0.05, 0.1) is 33.0 Å². The van der Waals surface area contributed by atoms with Crippen LogP contribution in [0.3, 0.4) is 0 Å². The molecule has 1 saturated heterocycles. The monoisotopic (exact) mass is 237 g/mol. The van der Waals surface area contributed by atoms with Crippen molar-refractivity contribution in [3.8, 4) is 5.75 Å². The Hall–Kier alpha value is -1.10. The standard InChI is InChI=1S/C13H19NO3/c1-16-13-4-2-11(3-5-13)8-14-6-7-17-10-12(14)9-15/h2-5,12,15H,6-10H2,1H3. The zero-order valence-electron chi connectivity index (χ0n) is 10.1. The Kier molecular flexibility index (Phi) is 4.36. The molecular weight excluding hydrogens is 218 g/mol. The average Bonchev–Trinajstić information content (AvgIpc) is 2.40. The molecule has 94 valence electrons. The van der Waals surface area contributed by atoms with Crippen molar-refractivity contribution in [1.82, 2.24) is 4.90 Å². The Labute approximate surface area is 102 Å². The van der Waals surface area contributed by atoms with E-state index in [0.29, 0.717) is 6.61 Å². The van der Waals surface area contributed by atoms with Gasteiger partial charge in [-0.3, -0.25) is 4.90 Å². The Morgan fingerprint density at radius 1 is 1.41 bits per heavy atom. The van der Waals surface area contributed by atoms with Crippen LogP contribution in [0.15, 0.2) is 24.3 Å². The van der Waals surface area contributed by atoms with E-state index in [1.54, 1.807) is 7.11 Å². The zero-order chi connectivity index (χ0) is 12.1. The first-order chi connectivity index (χ1) is 8.33. The van der Waals surface area contributed by atoms with Crippen molar-refractivity contribution in [1.29, 1.82) is 0 Å². The molecule has 1 aromatic rings. The van der Waals surface area contributed by atoms with E-state index in [9.17, 15) is 5.11 Å². The van der Waals surface area contributed by atoms with Crippen molar-refractivity contribution < 1.29 is 14.6 Å². The van der Waals surface area contributed by atoms with E-state index in [1.807, 2.05) is 12.1 Å². The summed E-state index contributed by atoms with van der Waals surface area (Å²) in [5.41, 5.74) is 1.23. The summed E-state index contributed by atoms with van der Waals surface area (Å²) in [4.78, 5) is 2.26. The summed E-state index contributed by atoms with van der Waals surface area (Å²) in [6, 6.07) is 8.16. The van der Waals surface area contributed by atoms with E-state index < -0.39 is 0 Å². The van der Waals surface area contributed by atoms with Crippen LogP contribution >= 0.6 is 0 Å². The molecule has 4 heteroatoms. The molecule has 0 radical (unpaired) electrons. The first-order valence-electron chi connectivity index (χ1n) is 5.89. The lowest BCUT2D eigenvalue weighted by atomic mass is 10.1. The number of aliphatic hydroxyl groups is 1. The number of aliphatic hydroxyl groups excluding tert-OH is 1. The third-order valence-corrected chi connectivity index (χ3v) is 3.10. The van der Waals surface area contributed by atoms with Crippen LogP contribution in [0.4, 0.5) is 0 Å². The van der Waals surface area contributed by atoms with Crippen molar-refractivity contribution in [2.45, 2.75) is 12.6 Å². The van der Waals surface area contributed by atoms with Crippen LogP contribution in [0.25, 0.3) is 0 Å². The Bertz CT molecular complexity index is 339. The van der Waals surface area contributed by atoms with Crippen molar-refractivity contribution in [2.24, 2.45) is 0 Å². The van der Waals surface area contributed by atoms with Crippen LogP contribution < -0.4 is 4.74 Å². The molecular formula is C13H19NO3. The van der Waals surface area contributed by atoms with E-state index in [-0.39, 0.29) is 12.6 Å². The summed E-state index contributed by atoms with van der Waals surface area (Å²) in [7, 11) is 1.67. The van der Waals surface area contributed by atoms with Gasteiger partial charge in [0.2, 0.25) is 0 Å². The second-order valence-electron chi connectivity index (χ2n) is 4.23. The van der Waals surface area contributed by atoms with E-state index in [2.05, 4.69) is 17.0 Å². The molecule has 1 N–H and O–H groups in total. The third kappa shape index (κ3) is 3.19. The van der Waals surface area contributed by atoms with Gasteiger partial charge in [0.1, 0.15) is 5.75 Å². The van der Waals surface area contributed by atoms with Crippen molar-refractivity contribution >= 4 is 0 Å². The van der Waals surface area contributed by atoms with Gasteiger partial charge >= 0.3 is 0 Å². The maximum atomic E-state index is 9.28. The molecule has 0 aromatic heterocycles. The van der Waals surface area contributed by atoms with Gasteiger partial charge in [-0.05, 0) is 17.7 Å². The van der Waals surface area contributed by atoms with Gasteiger partial charge in [0, 0.05) is 13.1 Å². The van der Waals surface area contributed by atoms with Crippen molar-refractivity contribution in [3.63, 3.8) is 0 Å². The van der Waals surface area contributed by atoms with Gasteiger partial charge in [-0.2, -0.15) is 0 Å². The van der Waals surface area contributed by atoms with Crippen LogP contribution in [0, 0.1) is 0 Å². The molecule has 1 fully saturated rings. The highest BCUT2D eigenvalue weighted by molar-refractivity contribution is 5.27. The van der Waals surface area contributed by atoms with Crippen LogP contribution in [0.5, 0.6) is 5.75 Å². The molecule has 0 saturated carbocycles. The van der Waals surface area contributed by atoms with Crippen LogP contribution in [0.2, 0.25) is 0 Å². The number of rotatable bonds is 4. The molecule has 1 aliphatic heterocycles. The second-order valence-corrected chi connectivity index (χ2v) is 4.23. The fourth-order valence-electron chi connectivity index (χ4n) is 2.03. The highest BCUT2D eigenvalue weighted by atomic mass is 16.5. The molecule has 0 bridgehead atoms. The molecule has 1 heterocycles. The van der Waals surface area contributed by atoms with Crippen molar-refractivity contribution in [2.75, 3.05) is 33.5 Å². The number of morpholine rings is 1. The van der Waals surface area contributed by atoms with Gasteiger partial charge in [-0.15, -0.1) is 0 Å². The summed E-state index contributed by atoms with van der Waals surface area (Å²) in [5.74, 6) is 0.870. The van der Waals surface area contributed by atoms with E-state index in [0.717, 1.165) is 25.4 Å². The molecule has 2 rings (SSSR count). The predicted molar refractivity (Wildman–Crippen MR) is 65.1 cm³/mol.